The molecular formula is C30H45FN6O4S. The van der Waals surface area contributed by atoms with E-state index in [0.29, 0.717) is 29.9 Å². The molecule has 2 aromatic rings. The molecule has 0 radical (unpaired) electrons. The van der Waals surface area contributed by atoms with Gasteiger partial charge in [-0.1, -0.05) is 0 Å². The molecule has 1 aliphatic carbocycles. The average Bonchev–Trinajstić information content (AvgIpc) is 2.95. The van der Waals surface area contributed by atoms with Crippen molar-refractivity contribution in [3.05, 3.63) is 42.1 Å². The Morgan fingerprint density at radius 3 is 2.38 bits per heavy atom. The van der Waals surface area contributed by atoms with Gasteiger partial charge in [-0.2, -0.15) is 0 Å². The minimum Gasteiger partial charge on any atom is -0.451 e. The number of benzene rings is 1. The summed E-state index contributed by atoms with van der Waals surface area (Å²) in [6.45, 7) is 9.79. The van der Waals surface area contributed by atoms with Crippen LogP contribution in [0, 0.1) is 17.7 Å². The van der Waals surface area contributed by atoms with E-state index in [1.54, 1.807) is 11.1 Å². The zero-order valence-electron chi connectivity index (χ0n) is 25.2. The Hall–Kier alpha value is -2.83. The number of aromatic nitrogens is 2. The summed E-state index contributed by atoms with van der Waals surface area (Å²) < 4.78 is 46.1. The lowest BCUT2D eigenvalue weighted by molar-refractivity contribution is 0.0713. The second kappa shape index (κ2) is 14.6. The molecule has 1 aliphatic heterocycles. The smallest absolute Gasteiger partial charge is 0.257 e. The van der Waals surface area contributed by atoms with Gasteiger partial charge >= 0.3 is 0 Å². The first-order valence-corrected chi connectivity index (χ1v) is 16.9. The van der Waals surface area contributed by atoms with E-state index in [-0.39, 0.29) is 29.3 Å². The van der Waals surface area contributed by atoms with Crippen molar-refractivity contribution < 1.29 is 22.3 Å². The molecule has 1 aromatic carbocycles. The molecule has 0 atom stereocenters. The van der Waals surface area contributed by atoms with Crippen molar-refractivity contribution in [3.8, 4) is 11.5 Å². The van der Waals surface area contributed by atoms with Crippen LogP contribution in [0.15, 0.2) is 30.7 Å². The van der Waals surface area contributed by atoms with Gasteiger partial charge in [0.2, 0.25) is 10.0 Å². The molecule has 4 rings (SSSR count). The molecule has 2 fully saturated rings. The van der Waals surface area contributed by atoms with E-state index < -0.39 is 15.8 Å². The third-order valence-corrected chi connectivity index (χ3v) is 9.04. The number of carbonyl (C=O) groups is 1. The van der Waals surface area contributed by atoms with Crippen LogP contribution in [0.5, 0.6) is 11.5 Å². The number of nitrogens with one attached hydrogen (secondary N) is 2. The first-order valence-electron chi connectivity index (χ1n) is 15.0. The molecule has 0 spiro atoms. The summed E-state index contributed by atoms with van der Waals surface area (Å²) in [5, 5.41) is 3.66. The van der Waals surface area contributed by atoms with E-state index in [4.69, 9.17) is 4.74 Å². The van der Waals surface area contributed by atoms with E-state index in [1.165, 1.54) is 30.8 Å². The van der Waals surface area contributed by atoms with Crippen molar-refractivity contribution in [2.75, 3.05) is 43.9 Å². The van der Waals surface area contributed by atoms with E-state index in [2.05, 4.69) is 24.9 Å². The van der Waals surface area contributed by atoms with E-state index in [1.807, 2.05) is 20.8 Å². The van der Waals surface area contributed by atoms with Gasteiger partial charge in [0.15, 0.2) is 11.6 Å². The second-order valence-corrected chi connectivity index (χ2v) is 13.6. The summed E-state index contributed by atoms with van der Waals surface area (Å²) in [5.74, 6) is 1.72. The van der Waals surface area contributed by atoms with Crippen molar-refractivity contribution in [3.63, 3.8) is 0 Å². The van der Waals surface area contributed by atoms with Gasteiger partial charge in [0, 0.05) is 31.7 Å². The number of ether oxygens (including phenoxy) is 1. The molecule has 42 heavy (non-hydrogen) atoms. The molecule has 10 nitrogen and oxygen atoms in total. The van der Waals surface area contributed by atoms with Crippen LogP contribution in [0.1, 0.15) is 69.7 Å². The Morgan fingerprint density at radius 2 is 1.76 bits per heavy atom. The van der Waals surface area contributed by atoms with Crippen LogP contribution >= 0.6 is 0 Å². The van der Waals surface area contributed by atoms with Gasteiger partial charge in [-0.15, -0.1) is 0 Å². The first kappa shape index (κ1) is 32.1. The Bertz CT molecular complexity index is 1290. The number of sulfonamides is 1. The topological polar surface area (TPSA) is 117 Å². The van der Waals surface area contributed by atoms with Crippen LogP contribution < -0.4 is 19.7 Å². The number of nitrogens with zero attached hydrogens (tertiary/aromatic N) is 4. The predicted molar refractivity (Wildman–Crippen MR) is 162 cm³/mol. The van der Waals surface area contributed by atoms with Gasteiger partial charge in [-0.05, 0) is 102 Å². The molecule has 232 valence electrons. The third-order valence-electron chi connectivity index (χ3n) is 8.28. The summed E-state index contributed by atoms with van der Waals surface area (Å²) in [6, 6.07) is 4.03. The Kier molecular flexibility index (Phi) is 11.1. The fraction of sp³-hybridized carbons (Fsp3) is 0.633. The van der Waals surface area contributed by atoms with Crippen molar-refractivity contribution in [2.24, 2.45) is 11.8 Å². The van der Waals surface area contributed by atoms with Gasteiger partial charge in [-0.3, -0.25) is 4.79 Å². The van der Waals surface area contributed by atoms with Crippen molar-refractivity contribution >= 4 is 21.7 Å². The molecule has 1 saturated carbocycles. The first-order chi connectivity index (χ1) is 20.0. The summed E-state index contributed by atoms with van der Waals surface area (Å²) in [4.78, 5) is 25.8. The maximum Gasteiger partial charge on any atom is 0.257 e. The number of hydrogen-bond acceptors (Lipinski definition) is 8. The normalized spacial score (nSPS) is 20.1. The highest BCUT2D eigenvalue weighted by Gasteiger charge is 2.27. The van der Waals surface area contributed by atoms with Gasteiger partial charge in [-0.25, -0.2) is 27.5 Å². The van der Waals surface area contributed by atoms with Crippen LogP contribution in [0.2, 0.25) is 0 Å². The maximum absolute atomic E-state index is 14.2. The van der Waals surface area contributed by atoms with Crippen LogP contribution in [0.4, 0.5) is 10.2 Å². The Labute approximate surface area is 249 Å². The lowest BCUT2D eigenvalue weighted by atomic mass is 9.86. The molecule has 0 unspecified atom stereocenters. The van der Waals surface area contributed by atoms with Crippen LogP contribution in [-0.2, 0) is 10.0 Å². The monoisotopic (exact) mass is 604 g/mol. The average molecular weight is 605 g/mol. The minimum atomic E-state index is -3.14. The Morgan fingerprint density at radius 1 is 1.10 bits per heavy atom. The molecular weight excluding hydrogens is 559 g/mol. The van der Waals surface area contributed by atoms with Crippen molar-refractivity contribution in [1.82, 2.24) is 24.9 Å². The van der Waals surface area contributed by atoms with Gasteiger partial charge in [0.05, 0.1) is 18.0 Å². The quantitative estimate of drug-likeness (QED) is 0.371. The molecule has 2 N–H and O–H groups in total. The largest absolute Gasteiger partial charge is 0.451 e. The fourth-order valence-electron chi connectivity index (χ4n) is 6.02. The van der Waals surface area contributed by atoms with Gasteiger partial charge in [0.25, 0.3) is 5.91 Å². The van der Waals surface area contributed by atoms with Crippen LogP contribution in [-0.4, -0.2) is 80.3 Å². The summed E-state index contributed by atoms with van der Waals surface area (Å²) in [7, 11) is -3.14. The highest BCUT2D eigenvalue weighted by molar-refractivity contribution is 7.88. The van der Waals surface area contributed by atoms with Crippen molar-refractivity contribution in [1.29, 1.82) is 0 Å². The van der Waals surface area contributed by atoms with E-state index >= 15 is 0 Å². The molecule has 1 amide bonds. The molecule has 0 bridgehead atoms. The van der Waals surface area contributed by atoms with E-state index in [9.17, 15) is 17.6 Å². The van der Waals surface area contributed by atoms with Gasteiger partial charge < -0.3 is 19.9 Å². The summed E-state index contributed by atoms with van der Waals surface area (Å²) >= 11 is 0. The third kappa shape index (κ3) is 8.84. The highest BCUT2D eigenvalue weighted by Crippen LogP contribution is 2.34. The van der Waals surface area contributed by atoms with E-state index in [0.717, 1.165) is 64.7 Å². The number of carbonyl (C=O) groups excluding carboxylic acids is 1. The maximum atomic E-state index is 14.2. The zero-order valence-corrected chi connectivity index (χ0v) is 26.0. The summed E-state index contributed by atoms with van der Waals surface area (Å²) in [6.07, 6.45) is 10.2. The number of anilines is 1. The molecule has 1 aromatic heterocycles. The van der Waals surface area contributed by atoms with Gasteiger partial charge in [0.1, 0.15) is 17.9 Å². The fourth-order valence-corrected chi connectivity index (χ4v) is 6.86. The van der Waals surface area contributed by atoms with Crippen LogP contribution in [0.3, 0.4) is 0 Å². The molecule has 2 heterocycles. The lowest BCUT2D eigenvalue weighted by Gasteiger charge is -2.34. The number of rotatable bonds is 12. The SMILES string of the molecule is CCN(C(=O)c1cc(F)ccc1Oc1cncnc1N1CCC(CNC[C@H]2CC[C@@H](NS(C)(=O)=O)CC2)CC1)C(C)C. The zero-order chi connectivity index (χ0) is 30.3. The highest BCUT2D eigenvalue weighted by atomic mass is 32.2. The van der Waals surface area contributed by atoms with Crippen LogP contribution in [0.25, 0.3) is 0 Å². The second-order valence-electron chi connectivity index (χ2n) is 11.8. The number of halogens is 1. The lowest BCUT2D eigenvalue weighted by Crippen LogP contribution is -2.40. The summed E-state index contributed by atoms with van der Waals surface area (Å²) in [5.41, 5.74) is 0.172. The number of amides is 1. The van der Waals surface area contributed by atoms with Crippen molar-refractivity contribution in [2.45, 2.75) is 71.4 Å². The molecule has 1 saturated heterocycles. The number of hydrogen-bond donors (Lipinski definition) is 2. The molecule has 2 aliphatic rings. The minimum absolute atomic E-state index is 0.0377. The number of piperidine rings is 1. The molecule has 12 heteroatoms. The standard InChI is InChI=1S/C30H45FN6O4S/c1-5-37(21(2)3)30(38)26-16-24(31)8-11-27(26)41-28-19-33-20-34-29(28)36-14-12-23(13-15-36)18-32-17-22-6-9-25(10-7-22)35-42(4,39)40/h8,11,16,19-23,25,32,35H,5-7,9-10,12-15,17-18H2,1-4H3/t22-,25+. The Balaban J connectivity index is 1.31. The predicted octanol–water partition coefficient (Wildman–Crippen LogP) is 4.19.